The molecule has 2 rings (SSSR count). The van der Waals surface area contributed by atoms with Crippen molar-refractivity contribution in [1.82, 2.24) is 9.97 Å². The fourth-order valence-electron chi connectivity index (χ4n) is 3.22. The Morgan fingerprint density at radius 2 is 1.86 bits per heavy atom. The average Bonchev–Trinajstić information content (AvgIpc) is 2.36. The van der Waals surface area contributed by atoms with Crippen LogP contribution in [-0.2, 0) is 6.42 Å². The zero-order valence-electron chi connectivity index (χ0n) is 13.2. The largest absolute Gasteiger partial charge is 0.478 e. The number of aryl methyl sites for hydroxylation is 2. The summed E-state index contributed by atoms with van der Waals surface area (Å²) in [5.74, 6) is 1.22. The molecule has 0 amide bonds. The Labute approximate surface area is 130 Å². The third kappa shape index (κ3) is 3.96. The summed E-state index contributed by atoms with van der Waals surface area (Å²) in [5.41, 5.74) is 0.858. The van der Waals surface area contributed by atoms with Gasteiger partial charge in [0.1, 0.15) is 16.4 Å². The van der Waals surface area contributed by atoms with Crippen LogP contribution in [0.3, 0.4) is 0 Å². The van der Waals surface area contributed by atoms with E-state index in [0.29, 0.717) is 27.8 Å². The lowest BCUT2D eigenvalue weighted by Crippen LogP contribution is -2.22. The second-order valence-electron chi connectivity index (χ2n) is 6.22. The van der Waals surface area contributed by atoms with Crippen molar-refractivity contribution in [1.29, 1.82) is 0 Å². The monoisotopic (exact) mass is 308 g/mol. The van der Waals surface area contributed by atoms with Crippen molar-refractivity contribution in [2.75, 3.05) is 0 Å². The van der Waals surface area contributed by atoms with Crippen molar-refractivity contribution in [2.24, 2.45) is 11.8 Å². The Bertz CT molecular complexity index is 523. The van der Waals surface area contributed by atoms with Gasteiger partial charge in [0.25, 0.3) is 0 Å². The van der Waals surface area contributed by atoms with Crippen LogP contribution in [0.15, 0.2) is 5.03 Å². The van der Waals surface area contributed by atoms with E-state index in [1.165, 1.54) is 6.42 Å². The van der Waals surface area contributed by atoms with Gasteiger partial charge in [-0.05, 0) is 38.0 Å². The molecule has 1 fully saturated rings. The zero-order valence-corrected chi connectivity index (χ0v) is 14.0. The highest BCUT2D eigenvalue weighted by atomic mass is 32.2. The van der Waals surface area contributed by atoms with E-state index < -0.39 is 5.97 Å². The van der Waals surface area contributed by atoms with Gasteiger partial charge in [0.05, 0.1) is 5.69 Å². The van der Waals surface area contributed by atoms with Gasteiger partial charge in [-0.3, -0.25) is 0 Å². The second-order valence-corrected chi connectivity index (χ2v) is 7.51. The molecule has 21 heavy (non-hydrogen) atoms. The number of thioether (sulfide) groups is 1. The quantitative estimate of drug-likeness (QED) is 0.853. The molecule has 0 aromatic carbocycles. The molecule has 1 heterocycles. The molecule has 1 aromatic rings. The summed E-state index contributed by atoms with van der Waals surface area (Å²) in [6.07, 6.45) is 4.27. The van der Waals surface area contributed by atoms with E-state index in [2.05, 4.69) is 23.8 Å². The maximum Gasteiger partial charge on any atom is 0.340 e. The molecule has 0 aliphatic heterocycles. The lowest BCUT2D eigenvalue weighted by molar-refractivity contribution is 0.0690. The molecule has 1 aliphatic carbocycles. The number of carboxylic acids is 1. The van der Waals surface area contributed by atoms with Crippen LogP contribution in [0.2, 0.25) is 0 Å². The minimum atomic E-state index is -0.922. The Morgan fingerprint density at radius 1 is 1.24 bits per heavy atom. The number of carbonyl (C=O) groups is 1. The van der Waals surface area contributed by atoms with Crippen LogP contribution in [0, 0.1) is 18.8 Å². The van der Waals surface area contributed by atoms with Gasteiger partial charge in [0.2, 0.25) is 0 Å². The molecule has 2 atom stereocenters. The van der Waals surface area contributed by atoms with Gasteiger partial charge in [-0.25, -0.2) is 14.8 Å². The molecule has 1 N–H and O–H groups in total. The number of rotatable bonds is 4. The van der Waals surface area contributed by atoms with Gasteiger partial charge in [0.15, 0.2) is 0 Å². The third-order valence-corrected chi connectivity index (χ3v) is 5.28. The number of hydrogen-bond acceptors (Lipinski definition) is 4. The Kier molecular flexibility index (Phi) is 5.25. The number of aromatic carboxylic acids is 1. The molecule has 0 spiro atoms. The highest BCUT2D eigenvalue weighted by Crippen LogP contribution is 2.39. The van der Waals surface area contributed by atoms with Crippen molar-refractivity contribution in [3.63, 3.8) is 0 Å². The minimum Gasteiger partial charge on any atom is -0.478 e. The van der Waals surface area contributed by atoms with Crippen molar-refractivity contribution in [3.8, 4) is 0 Å². The lowest BCUT2D eigenvalue weighted by atomic mass is 9.83. The average molecular weight is 308 g/mol. The Hall–Kier alpha value is -1.10. The van der Waals surface area contributed by atoms with Gasteiger partial charge in [0, 0.05) is 11.7 Å². The van der Waals surface area contributed by atoms with E-state index >= 15 is 0 Å². The predicted molar refractivity (Wildman–Crippen MR) is 84.9 cm³/mol. The molecule has 2 unspecified atom stereocenters. The summed E-state index contributed by atoms with van der Waals surface area (Å²) >= 11 is 1.64. The molecular weight excluding hydrogens is 284 g/mol. The van der Waals surface area contributed by atoms with Crippen molar-refractivity contribution < 1.29 is 9.90 Å². The Balaban J connectivity index is 2.29. The van der Waals surface area contributed by atoms with Crippen LogP contribution in [0.4, 0.5) is 0 Å². The van der Waals surface area contributed by atoms with Crippen molar-refractivity contribution in [3.05, 3.63) is 17.1 Å². The SMILES string of the molecule is CCc1nc(C)c(C(=O)O)c(SC2CC(C)CC(C)C2)n1. The maximum absolute atomic E-state index is 11.5. The molecule has 0 saturated heterocycles. The van der Waals surface area contributed by atoms with Crippen LogP contribution in [-0.4, -0.2) is 26.3 Å². The molecule has 1 saturated carbocycles. The number of aromatic nitrogens is 2. The molecular formula is C16H24N2O2S. The molecule has 0 bridgehead atoms. The van der Waals surface area contributed by atoms with Gasteiger partial charge < -0.3 is 5.11 Å². The molecule has 0 radical (unpaired) electrons. The first-order chi connectivity index (χ1) is 9.90. The van der Waals surface area contributed by atoms with Crippen molar-refractivity contribution in [2.45, 2.75) is 63.7 Å². The number of nitrogens with zero attached hydrogens (tertiary/aromatic N) is 2. The van der Waals surface area contributed by atoms with E-state index in [1.807, 2.05) is 6.92 Å². The van der Waals surface area contributed by atoms with Crippen LogP contribution in [0.1, 0.15) is 61.9 Å². The molecule has 5 heteroatoms. The van der Waals surface area contributed by atoms with Gasteiger partial charge in [-0.2, -0.15) is 0 Å². The predicted octanol–water partition coefficient (Wildman–Crippen LogP) is 3.96. The maximum atomic E-state index is 11.5. The summed E-state index contributed by atoms with van der Waals surface area (Å²) in [7, 11) is 0. The second kappa shape index (κ2) is 6.77. The molecule has 4 nitrogen and oxygen atoms in total. The van der Waals surface area contributed by atoms with Crippen LogP contribution in [0.5, 0.6) is 0 Å². The van der Waals surface area contributed by atoms with Crippen molar-refractivity contribution >= 4 is 17.7 Å². The van der Waals surface area contributed by atoms with Crippen LogP contribution in [0.25, 0.3) is 0 Å². The minimum absolute atomic E-state index is 0.281. The zero-order chi connectivity index (χ0) is 15.6. The lowest BCUT2D eigenvalue weighted by Gasteiger charge is -2.31. The van der Waals surface area contributed by atoms with Gasteiger partial charge >= 0.3 is 5.97 Å². The van der Waals surface area contributed by atoms with E-state index in [1.54, 1.807) is 18.7 Å². The fraction of sp³-hybridized carbons (Fsp3) is 0.688. The highest BCUT2D eigenvalue weighted by Gasteiger charge is 2.27. The summed E-state index contributed by atoms with van der Waals surface area (Å²) < 4.78 is 0. The third-order valence-electron chi connectivity index (χ3n) is 4.05. The summed E-state index contributed by atoms with van der Waals surface area (Å²) in [6, 6.07) is 0. The topological polar surface area (TPSA) is 63.1 Å². The smallest absolute Gasteiger partial charge is 0.340 e. The highest BCUT2D eigenvalue weighted by molar-refractivity contribution is 7.99. The van der Waals surface area contributed by atoms with Crippen LogP contribution < -0.4 is 0 Å². The fourth-order valence-corrected chi connectivity index (χ4v) is 4.90. The van der Waals surface area contributed by atoms with E-state index in [0.717, 1.165) is 25.1 Å². The summed E-state index contributed by atoms with van der Waals surface area (Å²) in [4.78, 5) is 20.3. The first-order valence-electron chi connectivity index (χ1n) is 7.68. The summed E-state index contributed by atoms with van der Waals surface area (Å²) in [6.45, 7) is 8.32. The summed E-state index contributed by atoms with van der Waals surface area (Å²) in [5, 5.41) is 10.6. The van der Waals surface area contributed by atoms with E-state index in [-0.39, 0.29) is 5.56 Å². The van der Waals surface area contributed by atoms with Gasteiger partial charge in [-0.15, -0.1) is 11.8 Å². The number of carboxylic acid groups (broad SMARTS) is 1. The van der Waals surface area contributed by atoms with E-state index in [4.69, 9.17) is 0 Å². The normalized spacial score (nSPS) is 25.8. The van der Waals surface area contributed by atoms with Crippen LogP contribution >= 0.6 is 11.8 Å². The first kappa shape index (κ1) is 16.3. The Morgan fingerprint density at radius 3 is 2.38 bits per heavy atom. The standard InChI is InChI=1S/C16H24N2O2S/c1-5-13-17-11(4)14(16(19)20)15(18-13)21-12-7-9(2)6-10(3)8-12/h9-10,12H,5-8H2,1-4H3,(H,19,20). The molecule has 1 aromatic heterocycles. The van der Waals surface area contributed by atoms with Gasteiger partial charge in [-0.1, -0.05) is 20.8 Å². The first-order valence-corrected chi connectivity index (χ1v) is 8.56. The molecule has 1 aliphatic rings. The number of hydrogen-bond donors (Lipinski definition) is 1. The molecule has 116 valence electrons. The van der Waals surface area contributed by atoms with E-state index in [9.17, 15) is 9.90 Å².